The number of methoxy groups -OCH3 is 1. The minimum absolute atomic E-state index is 0.120. The molecule has 0 spiro atoms. The minimum Gasteiger partial charge on any atom is -0.388 e. The largest absolute Gasteiger partial charge is 0.388 e. The molecule has 2 aromatic heterocycles. The molecule has 3 aromatic rings. The van der Waals surface area contributed by atoms with E-state index in [0.29, 0.717) is 34.7 Å². The molecule has 4 rings (SSSR count). The predicted molar refractivity (Wildman–Crippen MR) is 130 cm³/mol. The van der Waals surface area contributed by atoms with E-state index in [-0.39, 0.29) is 18.7 Å². The number of anilines is 1. The van der Waals surface area contributed by atoms with Gasteiger partial charge in [0.15, 0.2) is 5.82 Å². The summed E-state index contributed by atoms with van der Waals surface area (Å²) in [5.41, 5.74) is 3.00. The van der Waals surface area contributed by atoms with E-state index in [4.69, 9.17) is 9.84 Å². The van der Waals surface area contributed by atoms with Crippen molar-refractivity contribution < 1.29 is 14.6 Å². The third-order valence-corrected chi connectivity index (χ3v) is 6.50. The molecule has 1 aromatic carbocycles. The van der Waals surface area contributed by atoms with Gasteiger partial charge in [-0.2, -0.15) is 5.10 Å². The molecule has 180 valence electrons. The standard InChI is InChI=1S/C25H32N6O3/c1-16-11-18(9-10-34-3)12-21(16)28-25(33)29-24-17(2)23(19-13-26-22(15-32)27-14-19)30-31(24)20-7-5-4-6-8-20/h4-8,13-14,16,18,21,32H,9-12,15H2,1-3H3,(H2,28,29,33)/t16-,18+,21-/m1/s1. The second-order valence-electron chi connectivity index (χ2n) is 8.92. The molecule has 9 nitrogen and oxygen atoms in total. The van der Waals surface area contributed by atoms with E-state index in [1.54, 1.807) is 24.2 Å². The van der Waals surface area contributed by atoms with Crippen LogP contribution in [0.3, 0.4) is 0 Å². The smallest absolute Gasteiger partial charge is 0.320 e. The van der Waals surface area contributed by atoms with Crippen LogP contribution in [-0.2, 0) is 11.3 Å². The Bertz CT molecular complexity index is 1100. The summed E-state index contributed by atoms with van der Waals surface area (Å²) in [5, 5.41) is 20.2. The van der Waals surface area contributed by atoms with Crippen LogP contribution in [0.15, 0.2) is 42.7 Å². The molecular weight excluding hydrogens is 432 g/mol. The van der Waals surface area contributed by atoms with Crippen molar-refractivity contribution in [3.8, 4) is 16.9 Å². The van der Waals surface area contributed by atoms with Crippen LogP contribution in [0.2, 0.25) is 0 Å². The van der Waals surface area contributed by atoms with Gasteiger partial charge < -0.3 is 15.2 Å². The van der Waals surface area contributed by atoms with Crippen LogP contribution >= 0.6 is 0 Å². The van der Waals surface area contributed by atoms with Crippen molar-refractivity contribution in [3.05, 3.63) is 54.1 Å². The molecule has 9 heteroatoms. The molecule has 1 saturated carbocycles. The summed E-state index contributed by atoms with van der Waals surface area (Å²) < 4.78 is 6.95. The number of rotatable bonds is 8. The first-order valence-corrected chi connectivity index (χ1v) is 11.6. The molecule has 0 unspecified atom stereocenters. The lowest BCUT2D eigenvalue weighted by atomic mass is 10.0. The van der Waals surface area contributed by atoms with Crippen molar-refractivity contribution in [1.29, 1.82) is 0 Å². The highest BCUT2D eigenvalue weighted by molar-refractivity contribution is 5.91. The molecule has 0 radical (unpaired) electrons. The van der Waals surface area contributed by atoms with Gasteiger partial charge in [-0.05, 0) is 50.2 Å². The molecule has 1 aliphatic rings. The number of amides is 2. The van der Waals surface area contributed by atoms with E-state index in [9.17, 15) is 9.90 Å². The molecule has 0 aliphatic heterocycles. The number of para-hydroxylation sites is 1. The van der Waals surface area contributed by atoms with Gasteiger partial charge >= 0.3 is 6.03 Å². The van der Waals surface area contributed by atoms with Crippen molar-refractivity contribution in [1.82, 2.24) is 25.1 Å². The Kier molecular flexibility index (Phi) is 7.54. The van der Waals surface area contributed by atoms with Crippen LogP contribution in [0.4, 0.5) is 10.6 Å². The molecule has 2 heterocycles. The quantitative estimate of drug-likeness (QED) is 0.468. The Morgan fingerprint density at radius 2 is 1.94 bits per heavy atom. The van der Waals surface area contributed by atoms with Crippen molar-refractivity contribution >= 4 is 11.8 Å². The van der Waals surface area contributed by atoms with E-state index >= 15 is 0 Å². The SMILES string of the molecule is COCC[C@H]1C[C@@H](C)[C@H](NC(=O)Nc2c(C)c(-c3cnc(CO)nc3)nn2-c2ccccc2)C1. The number of aliphatic hydroxyl groups is 1. The van der Waals surface area contributed by atoms with Gasteiger partial charge in [0.2, 0.25) is 0 Å². The molecule has 3 N–H and O–H groups in total. The lowest BCUT2D eigenvalue weighted by Gasteiger charge is -2.18. The number of benzene rings is 1. The van der Waals surface area contributed by atoms with E-state index in [1.165, 1.54) is 0 Å². The second-order valence-corrected chi connectivity index (χ2v) is 8.92. The van der Waals surface area contributed by atoms with E-state index in [0.717, 1.165) is 37.1 Å². The van der Waals surface area contributed by atoms with Gasteiger partial charge in [-0.3, -0.25) is 5.32 Å². The molecule has 3 atom stereocenters. The van der Waals surface area contributed by atoms with Crippen LogP contribution < -0.4 is 10.6 Å². The maximum atomic E-state index is 13.1. The lowest BCUT2D eigenvalue weighted by Crippen LogP contribution is -2.40. The molecule has 1 fully saturated rings. The minimum atomic E-state index is -0.247. The summed E-state index contributed by atoms with van der Waals surface area (Å²) in [4.78, 5) is 21.4. The average molecular weight is 465 g/mol. The maximum Gasteiger partial charge on any atom is 0.320 e. The summed E-state index contributed by atoms with van der Waals surface area (Å²) in [6.07, 6.45) is 6.32. The molecule has 0 bridgehead atoms. The van der Waals surface area contributed by atoms with Gasteiger partial charge in [-0.25, -0.2) is 19.4 Å². The number of nitrogens with zero attached hydrogens (tertiary/aromatic N) is 4. The van der Waals surface area contributed by atoms with E-state index < -0.39 is 0 Å². The van der Waals surface area contributed by atoms with E-state index in [1.807, 2.05) is 37.3 Å². The van der Waals surface area contributed by atoms with Crippen molar-refractivity contribution in [2.75, 3.05) is 19.0 Å². The van der Waals surface area contributed by atoms with Crippen LogP contribution in [0.25, 0.3) is 16.9 Å². The van der Waals surface area contributed by atoms with E-state index in [2.05, 4.69) is 27.5 Å². The number of hydrogen-bond acceptors (Lipinski definition) is 6. The van der Waals surface area contributed by atoms with Crippen molar-refractivity contribution in [3.63, 3.8) is 0 Å². The number of aliphatic hydroxyl groups excluding tert-OH is 1. The Labute approximate surface area is 199 Å². The van der Waals surface area contributed by atoms with Gasteiger partial charge in [0.05, 0.1) is 5.69 Å². The summed E-state index contributed by atoms with van der Waals surface area (Å²) in [6, 6.07) is 9.53. The number of carbonyl (C=O) groups is 1. The molecule has 0 saturated heterocycles. The maximum absolute atomic E-state index is 13.1. The summed E-state index contributed by atoms with van der Waals surface area (Å²) >= 11 is 0. The fourth-order valence-corrected chi connectivity index (χ4v) is 4.64. The third kappa shape index (κ3) is 5.26. The Hall–Kier alpha value is -3.30. The topological polar surface area (TPSA) is 114 Å². The monoisotopic (exact) mass is 464 g/mol. The fraction of sp³-hybridized carbons (Fsp3) is 0.440. The highest BCUT2D eigenvalue weighted by Crippen LogP contribution is 2.34. The molecule has 2 amide bonds. The Morgan fingerprint density at radius 3 is 2.62 bits per heavy atom. The summed E-state index contributed by atoms with van der Waals surface area (Å²) in [5.74, 6) is 1.90. The first-order valence-electron chi connectivity index (χ1n) is 11.6. The number of ether oxygens (including phenoxy) is 1. The van der Waals surface area contributed by atoms with Gasteiger partial charge in [0.1, 0.15) is 18.1 Å². The molecule has 34 heavy (non-hydrogen) atoms. The number of aromatic nitrogens is 4. The van der Waals surface area contributed by atoms with Crippen molar-refractivity contribution in [2.24, 2.45) is 11.8 Å². The number of hydrogen-bond donors (Lipinski definition) is 3. The lowest BCUT2D eigenvalue weighted by molar-refractivity contribution is 0.177. The Balaban J connectivity index is 1.57. The normalized spacial score (nSPS) is 19.8. The zero-order valence-corrected chi connectivity index (χ0v) is 19.9. The molecular formula is C25H32N6O3. The van der Waals surface area contributed by atoms with Crippen LogP contribution in [-0.4, -0.2) is 50.6 Å². The third-order valence-electron chi connectivity index (χ3n) is 6.50. The highest BCUT2D eigenvalue weighted by Gasteiger charge is 2.32. The van der Waals surface area contributed by atoms with Crippen LogP contribution in [0, 0.1) is 18.8 Å². The first kappa shape index (κ1) is 23.8. The van der Waals surface area contributed by atoms with Crippen LogP contribution in [0.5, 0.6) is 0 Å². The zero-order chi connectivity index (χ0) is 24.1. The van der Waals surface area contributed by atoms with Gasteiger partial charge in [0, 0.05) is 43.3 Å². The van der Waals surface area contributed by atoms with Gasteiger partial charge in [0.25, 0.3) is 0 Å². The molecule has 1 aliphatic carbocycles. The second kappa shape index (κ2) is 10.8. The Morgan fingerprint density at radius 1 is 1.21 bits per heavy atom. The van der Waals surface area contributed by atoms with Gasteiger partial charge in [-0.15, -0.1) is 0 Å². The van der Waals surface area contributed by atoms with Gasteiger partial charge in [-0.1, -0.05) is 25.1 Å². The number of carbonyl (C=O) groups excluding carboxylic acids is 1. The van der Waals surface area contributed by atoms with Crippen molar-refractivity contribution in [2.45, 2.75) is 45.8 Å². The number of urea groups is 1. The highest BCUT2D eigenvalue weighted by atomic mass is 16.5. The summed E-state index contributed by atoms with van der Waals surface area (Å²) in [6.45, 7) is 4.62. The number of nitrogens with one attached hydrogen (secondary N) is 2. The fourth-order valence-electron chi connectivity index (χ4n) is 4.64. The average Bonchev–Trinajstić information content (AvgIpc) is 3.37. The first-order chi connectivity index (χ1) is 16.5. The van der Waals surface area contributed by atoms with Crippen LogP contribution in [0.1, 0.15) is 37.6 Å². The zero-order valence-electron chi connectivity index (χ0n) is 19.9. The summed E-state index contributed by atoms with van der Waals surface area (Å²) in [7, 11) is 1.72. The predicted octanol–water partition coefficient (Wildman–Crippen LogP) is 3.70.